The molecule has 0 aliphatic rings. The highest BCUT2D eigenvalue weighted by Crippen LogP contribution is 2.10. The second-order valence-corrected chi connectivity index (χ2v) is 5.66. The molecule has 1 unspecified atom stereocenters. The van der Waals surface area contributed by atoms with Gasteiger partial charge >= 0.3 is 5.97 Å². The Balaban J connectivity index is 2.16. The van der Waals surface area contributed by atoms with Crippen molar-refractivity contribution in [2.45, 2.75) is 12.5 Å². The topological polar surface area (TPSA) is 92.4 Å². The lowest BCUT2D eigenvalue weighted by Crippen LogP contribution is -2.33. The van der Waals surface area contributed by atoms with E-state index in [4.69, 9.17) is 22.4 Å². The maximum absolute atomic E-state index is 11.5. The molecular formula is C13H17ClN2O3S. The number of rotatable bonds is 8. The molecule has 0 bridgehead atoms. The van der Waals surface area contributed by atoms with Crippen LogP contribution in [0.2, 0.25) is 5.02 Å². The molecule has 7 heteroatoms. The molecular weight excluding hydrogens is 300 g/mol. The van der Waals surface area contributed by atoms with Crippen LogP contribution in [-0.4, -0.2) is 41.1 Å². The Morgan fingerprint density at radius 3 is 2.85 bits per heavy atom. The van der Waals surface area contributed by atoms with Crippen LogP contribution in [0.4, 0.5) is 0 Å². The fourth-order valence-corrected chi connectivity index (χ4v) is 2.45. The van der Waals surface area contributed by atoms with Crippen molar-refractivity contribution in [3.63, 3.8) is 0 Å². The monoisotopic (exact) mass is 316 g/mol. The number of carboxylic acids is 1. The van der Waals surface area contributed by atoms with Gasteiger partial charge in [0.2, 0.25) is 5.91 Å². The highest BCUT2D eigenvalue weighted by atomic mass is 35.5. The molecule has 1 aromatic rings. The number of carbonyl (C=O) groups is 2. The van der Waals surface area contributed by atoms with E-state index in [1.165, 1.54) is 11.8 Å². The second kappa shape index (κ2) is 8.84. The predicted octanol–water partition coefficient (Wildman–Crippen LogP) is 1.14. The number of thioether (sulfide) groups is 1. The number of hydrogen-bond acceptors (Lipinski definition) is 4. The van der Waals surface area contributed by atoms with Gasteiger partial charge in [0, 0.05) is 17.3 Å². The van der Waals surface area contributed by atoms with Gasteiger partial charge in [0.25, 0.3) is 0 Å². The van der Waals surface area contributed by atoms with Gasteiger partial charge in [0.1, 0.15) is 6.04 Å². The summed E-state index contributed by atoms with van der Waals surface area (Å²) in [4.78, 5) is 22.0. The van der Waals surface area contributed by atoms with Gasteiger partial charge in [-0.15, -0.1) is 11.8 Å². The first-order valence-electron chi connectivity index (χ1n) is 6.06. The van der Waals surface area contributed by atoms with Gasteiger partial charge in [0.05, 0.1) is 5.75 Å². The zero-order valence-corrected chi connectivity index (χ0v) is 12.4. The molecule has 1 amide bonds. The lowest BCUT2D eigenvalue weighted by Gasteiger charge is -2.07. The van der Waals surface area contributed by atoms with Crippen molar-refractivity contribution in [2.24, 2.45) is 5.73 Å². The van der Waals surface area contributed by atoms with Gasteiger partial charge in [-0.3, -0.25) is 9.59 Å². The molecule has 0 heterocycles. The molecule has 0 aliphatic carbocycles. The van der Waals surface area contributed by atoms with Crippen LogP contribution in [-0.2, 0) is 16.0 Å². The molecule has 1 atom stereocenters. The van der Waals surface area contributed by atoms with Crippen molar-refractivity contribution in [3.05, 3.63) is 34.9 Å². The van der Waals surface area contributed by atoms with Crippen LogP contribution in [0.1, 0.15) is 5.56 Å². The van der Waals surface area contributed by atoms with E-state index >= 15 is 0 Å². The molecule has 20 heavy (non-hydrogen) atoms. The number of hydrogen-bond donors (Lipinski definition) is 3. The summed E-state index contributed by atoms with van der Waals surface area (Å²) in [5.41, 5.74) is 6.38. The SMILES string of the molecule is NC(CSCC(=O)NCCc1cccc(Cl)c1)C(=O)O. The van der Waals surface area contributed by atoms with Gasteiger partial charge in [-0.05, 0) is 24.1 Å². The molecule has 0 aromatic heterocycles. The lowest BCUT2D eigenvalue weighted by molar-refractivity contribution is -0.138. The number of nitrogens with two attached hydrogens (primary N) is 1. The molecule has 1 aromatic carbocycles. The van der Waals surface area contributed by atoms with Gasteiger partial charge in [-0.25, -0.2) is 0 Å². The zero-order valence-electron chi connectivity index (χ0n) is 10.8. The largest absolute Gasteiger partial charge is 0.480 e. The van der Waals surface area contributed by atoms with Crippen molar-refractivity contribution >= 4 is 35.2 Å². The molecule has 110 valence electrons. The van der Waals surface area contributed by atoms with Gasteiger partial charge in [-0.2, -0.15) is 0 Å². The Labute approximate surface area is 126 Å². The van der Waals surface area contributed by atoms with Crippen LogP contribution in [0.15, 0.2) is 24.3 Å². The molecule has 0 aliphatic heterocycles. The predicted molar refractivity (Wildman–Crippen MR) is 81.1 cm³/mol. The van der Waals surface area contributed by atoms with Crippen LogP contribution in [0, 0.1) is 0 Å². The van der Waals surface area contributed by atoms with E-state index in [0.717, 1.165) is 5.56 Å². The molecule has 0 fully saturated rings. The number of benzene rings is 1. The minimum absolute atomic E-state index is 0.130. The third-order valence-corrected chi connectivity index (χ3v) is 3.77. The van der Waals surface area contributed by atoms with Crippen molar-refractivity contribution < 1.29 is 14.7 Å². The fraction of sp³-hybridized carbons (Fsp3) is 0.385. The normalized spacial score (nSPS) is 11.9. The molecule has 0 saturated carbocycles. The first-order chi connectivity index (χ1) is 9.49. The average molecular weight is 317 g/mol. The molecule has 0 spiro atoms. The van der Waals surface area contributed by atoms with E-state index in [2.05, 4.69) is 5.32 Å². The van der Waals surface area contributed by atoms with E-state index < -0.39 is 12.0 Å². The highest BCUT2D eigenvalue weighted by molar-refractivity contribution is 8.00. The van der Waals surface area contributed by atoms with E-state index in [-0.39, 0.29) is 17.4 Å². The van der Waals surface area contributed by atoms with Crippen molar-refractivity contribution in [3.8, 4) is 0 Å². The summed E-state index contributed by atoms with van der Waals surface area (Å²) >= 11 is 7.07. The van der Waals surface area contributed by atoms with Crippen LogP contribution in [0.5, 0.6) is 0 Å². The van der Waals surface area contributed by atoms with Crippen molar-refractivity contribution in [1.29, 1.82) is 0 Å². The first-order valence-corrected chi connectivity index (χ1v) is 7.59. The summed E-state index contributed by atoms with van der Waals surface area (Å²) in [5.74, 6) is -0.762. The van der Waals surface area contributed by atoms with Gasteiger partial charge in [-0.1, -0.05) is 23.7 Å². The Bertz CT molecular complexity index is 471. The Morgan fingerprint density at radius 2 is 2.20 bits per heavy atom. The molecule has 4 N–H and O–H groups in total. The second-order valence-electron chi connectivity index (χ2n) is 4.19. The van der Waals surface area contributed by atoms with Crippen LogP contribution < -0.4 is 11.1 Å². The summed E-state index contributed by atoms with van der Waals surface area (Å²) in [6.45, 7) is 0.519. The van der Waals surface area contributed by atoms with Crippen molar-refractivity contribution in [1.82, 2.24) is 5.32 Å². The van der Waals surface area contributed by atoms with Crippen LogP contribution in [0.3, 0.4) is 0 Å². The van der Waals surface area contributed by atoms with Crippen LogP contribution >= 0.6 is 23.4 Å². The highest BCUT2D eigenvalue weighted by Gasteiger charge is 2.11. The number of carboxylic acid groups (broad SMARTS) is 1. The standard InChI is InChI=1S/C13H17ClN2O3S/c14-10-3-1-2-9(6-10)4-5-16-12(17)8-20-7-11(15)13(18)19/h1-3,6,11H,4-5,7-8,15H2,(H,16,17)(H,18,19). The van der Waals surface area contributed by atoms with E-state index in [0.29, 0.717) is 18.0 Å². The summed E-state index contributed by atoms with van der Waals surface area (Å²) in [6, 6.07) is 6.53. The maximum atomic E-state index is 11.5. The Kier molecular flexibility index (Phi) is 7.43. The third-order valence-electron chi connectivity index (χ3n) is 2.47. The fourth-order valence-electron chi connectivity index (χ4n) is 1.44. The van der Waals surface area contributed by atoms with Crippen molar-refractivity contribution in [2.75, 3.05) is 18.1 Å². The summed E-state index contributed by atoms with van der Waals surface area (Å²) in [5, 5.41) is 12.0. The summed E-state index contributed by atoms with van der Waals surface area (Å²) in [6.07, 6.45) is 0.700. The van der Waals surface area contributed by atoms with Gasteiger partial charge < -0.3 is 16.2 Å². The number of carbonyl (C=O) groups excluding carboxylic acids is 1. The molecule has 1 rings (SSSR count). The summed E-state index contributed by atoms with van der Waals surface area (Å²) in [7, 11) is 0. The lowest BCUT2D eigenvalue weighted by atomic mass is 10.1. The smallest absolute Gasteiger partial charge is 0.321 e. The van der Waals surface area contributed by atoms with Crippen LogP contribution in [0.25, 0.3) is 0 Å². The van der Waals surface area contributed by atoms with E-state index in [1.54, 1.807) is 6.07 Å². The first kappa shape index (κ1) is 16.8. The Hall–Kier alpha value is -1.24. The molecule has 0 saturated heterocycles. The van der Waals surface area contributed by atoms with E-state index in [9.17, 15) is 9.59 Å². The minimum Gasteiger partial charge on any atom is -0.480 e. The average Bonchev–Trinajstić information content (AvgIpc) is 2.38. The number of aliphatic carboxylic acids is 1. The zero-order chi connectivity index (χ0) is 15.0. The molecule has 0 radical (unpaired) electrons. The molecule has 5 nitrogen and oxygen atoms in total. The van der Waals surface area contributed by atoms with Gasteiger partial charge in [0.15, 0.2) is 0 Å². The minimum atomic E-state index is -1.06. The number of amides is 1. The Morgan fingerprint density at radius 1 is 1.45 bits per heavy atom. The summed E-state index contributed by atoms with van der Waals surface area (Å²) < 4.78 is 0. The number of nitrogens with one attached hydrogen (secondary N) is 1. The number of halogens is 1. The van der Waals surface area contributed by atoms with E-state index in [1.807, 2.05) is 18.2 Å². The maximum Gasteiger partial charge on any atom is 0.321 e. The third kappa shape index (κ3) is 6.79. The quantitative estimate of drug-likeness (QED) is 0.669.